The number of nitrogens with zero attached hydrogens (tertiary/aromatic N) is 3. The summed E-state index contributed by atoms with van der Waals surface area (Å²) in [7, 11) is 1.60. The van der Waals surface area contributed by atoms with Gasteiger partial charge in [-0.1, -0.05) is 48.5 Å². The number of piperidine rings is 1. The molecule has 1 aliphatic heterocycles. The minimum absolute atomic E-state index is 0.0922. The van der Waals surface area contributed by atoms with Crippen LogP contribution in [0.4, 0.5) is 10.6 Å². The van der Waals surface area contributed by atoms with Crippen LogP contribution in [0.1, 0.15) is 46.7 Å². The van der Waals surface area contributed by atoms with Crippen molar-refractivity contribution in [1.82, 2.24) is 14.7 Å². The normalized spacial score (nSPS) is 16.9. The molecule has 2 amide bonds. The summed E-state index contributed by atoms with van der Waals surface area (Å²) in [5.74, 6) is -1.43. The number of hydrogen-bond acceptors (Lipinski definition) is 5. The molecule has 0 spiro atoms. The largest absolute Gasteiger partial charge is 0.480 e. The van der Waals surface area contributed by atoms with Crippen molar-refractivity contribution in [2.75, 3.05) is 18.5 Å². The molecule has 1 aromatic heterocycles. The number of ether oxygens (including phenoxy) is 1. The number of rotatable bonds is 5. The lowest BCUT2D eigenvalue weighted by Gasteiger charge is -2.32. The zero-order valence-corrected chi connectivity index (χ0v) is 19.3. The summed E-state index contributed by atoms with van der Waals surface area (Å²) in [5.41, 5.74) is 4.59. The third-order valence-electron chi connectivity index (χ3n) is 6.78. The number of anilines is 1. The fourth-order valence-electron chi connectivity index (χ4n) is 5.06. The number of aromatic nitrogens is 2. The van der Waals surface area contributed by atoms with E-state index >= 15 is 0 Å². The Morgan fingerprint density at radius 2 is 1.71 bits per heavy atom. The molecule has 2 heterocycles. The van der Waals surface area contributed by atoms with Crippen LogP contribution in [-0.4, -0.2) is 57.0 Å². The van der Waals surface area contributed by atoms with Gasteiger partial charge in [-0.15, -0.1) is 0 Å². The van der Waals surface area contributed by atoms with E-state index in [-0.39, 0.29) is 23.9 Å². The smallest absolute Gasteiger partial charge is 0.412 e. The highest BCUT2D eigenvalue weighted by molar-refractivity contribution is 6.03. The van der Waals surface area contributed by atoms with E-state index in [9.17, 15) is 19.5 Å². The van der Waals surface area contributed by atoms with Crippen molar-refractivity contribution in [3.63, 3.8) is 0 Å². The van der Waals surface area contributed by atoms with Crippen LogP contribution in [0.3, 0.4) is 0 Å². The minimum atomic E-state index is -1.03. The van der Waals surface area contributed by atoms with Gasteiger partial charge in [0.25, 0.3) is 5.91 Å². The van der Waals surface area contributed by atoms with Crippen molar-refractivity contribution >= 4 is 23.8 Å². The number of carbonyl (C=O) groups is 3. The Morgan fingerprint density at radius 1 is 1.06 bits per heavy atom. The van der Waals surface area contributed by atoms with Gasteiger partial charge in [0.05, 0.1) is 6.20 Å². The zero-order chi connectivity index (χ0) is 24.5. The summed E-state index contributed by atoms with van der Waals surface area (Å²) in [5, 5.41) is 16.3. The highest BCUT2D eigenvalue weighted by atomic mass is 16.5. The number of nitrogens with one attached hydrogen (secondary N) is 1. The average Bonchev–Trinajstić information content (AvgIpc) is 3.40. The maximum absolute atomic E-state index is 13.2. The fraction of sp³-hybridized carbons (Fsp3) is 0.308. The van der Waals surface area contributed by atoms with Crippen molar-refractivity contribution in [3.8, 4) is 11.1 Å². The van der Waals surface area contributed by atoms with Crippen LogP contribution in [0, 0.1) is 0 Å². The van der Waals surface area contributed by atoms with Crippen molar-refractivity contribution in [2.24, 2.45) is 7.05 Å². The molecule has 9 nitrogen and oxygen atoms in total. The van der Waals surface area contributed by atoms with Gasteiger partial charge in [-0.25, -0.2) is 9.59 Å². The molecule has 0 unspecified atom stereocenters. The molecule has 180 valence electrons. The Bertz CT molecular complexity index is 1250. The molecular weight excluding hydrogens is 448 g/mol. The van der Waals surface area contributed by atoms with Crippen LogP contribution in [-0.2, 0) is 16.6 Å². The Labute approximate surface area is 202 Å². The Kier molecular flexibility index (Phi) is 5.98. The molecule has 9 heteroatoms. The van der Waals surface area contributed by atoms with E-state index in [1.807, 2.05) is 36.4 Å². The topological polar surface area (TPSA) is 114 Å². The van der Waals surface area contributed by atoms with Crippen molar-refractivity contribution in [1.29, 1.82) is 0 Å². The summed E-state index contributed by atoms with van der Waals surface area (Å²) in [4.78, 5) is 39.0. The van der Waals surface area contributed by atoms with Gasteiger partial charge in [-0.2, -0.15) is 5.10 Å². The second kappa shape index (κ2) is 9.25. The van der Waals surface area contributed by atoms with Crippen molar-refractivity contribution in [2.45, 2.75) is 31.2 Å². The number of carbonyl (C=O) groups excluding carboxylic acids is 2. The predicted molar refractivity (Wildman–Crippen MR) is 128 cm³/mol. The van der Waals surface area contributed by atoms with Crippen LogP contribution < -0.4 is 5.32 Å². The summed E-state index contributed by atoms with van der Waals surface area (Å²) < 4.78 is 6.97. The van der Waals surface area contributed by atoms with Gasteiger partial charge in [0.2, 0.25) is 0 Å². The number of likely N-dealkylation sites (tertiary alicyclic amines) is 1. The Balaban J connectivity index is 1.31. The summed E-state index contributed by atoms with van der Waals surface area (Å²) >= 11 is 0. The molecule has 0 saturated carbocycles. The quantitative estimate of drug-likeness (QED) is 0.581. The molecule has 35 heavy (non-hydrogen) atoms. The lowest BCUT2D eigenvalue weighted by molar-refractivity contribution is -0.143. The fourth-order valence-corrected chi connectivity index (χ4v) is 5.06. The van der Waals surface area contributed by atoms with Crippen molar-refractivity contribution < 1.29 is 24.2 Å². The third-order valence-corrected chi connectivity index (χ3v) is 6.78. The molecule has 2 N–H and O–H groups in total. The average molecular weight is 475 g/mol. The van der Waals surface area contributed by atoms with Crippen LogP contribution in [0.5, 0.6) is 0 Å². The molecule has 2 aromatic carbocycles. The number of aliphatic carboxylic acids is 1. The summed E-state index contributed by atoms with van der Waals surface area (Å²) in [6.07, 6.45) is 2.51. The first-order valence-corrected chi connectivity index (χ1v) is 11.6. The van der Waals surface area contributed by atoms with E-state index in [1.165, 1.54) is 15.8 Å². The molecule has 1 saturated heterocycles. The number of benzene rings is 2. The molecular formula is C26H26N4O5. The highest BCUT2D eigenvalue weighted by Crippen LogP contribution is 2.44. The van der Waals surface area contributed by atoms with Gasteiger partial charge in [0.15, 0.2) is 0 Å². The maximum Gasteiger partial charge on any atom is 0.412 e. The lowest BCUT2D eigenvalue weighted by atomic mass is 9.98. The van der Waals surface area contributed by atoms with E-state index < -0.39 is 24.0 Å². The van der Waals surface area contributed by atoms with E-state index in [0.717, 1.165) is 35.1 Å². The second-order valence-corrected chi connectivity index (χ2v) is 8.83. The molecule has 1 aliphatic carbocycles. The van der Waals surface area contributed by atoms with Crippen molar-refractivity contribution in [3.05, 3.63) is 71.4 Å². The molecule has 3 aromatic rings. The molecule has 0 bridgehead atoms. The molecule has 1 atom stereocenters. The van der Waals surface area contributed by atoms with Gasteiger partial charge >= 0.3 is 12.1 Å². The number of carboxylic acid groups (broad SMARTS) is 1. The number of hydrogen-bond donors (Lipinski definition) is 2. The number of carboxylic acids is 1. The molecule has 2 aliphatic rings. The minimum Gasteiger partial charge on any atom is -0.480 e. The van der Waals surface area contributed by atoms with Crippen LogP contribution in [0.25, 0.3) is 11.1 Å². The molecule has 5 rings (SSSR count). The van der Waals surface area contributed by atoms with Gasteiger partial charge in [-0.05, 0) is 41.5 Å². The first-order valence-electron chi connectivity index (χ1n) is 11.6. The highest BCUT2D eigenvalue weighted by Gasteiger charge is 2.35. The SMILES string of the molecule is Cn1ncc(C(=O)N2CCCC[C@@H]2C(=O)O)c1NC(=O)OCC1c2ccccc2-c2ccccc21. The first-order chi connectivity index (χ1) is 17.0. The monoisotopic (exact) mass is 474 g/mol. The third kappa shape index (κ3) is 4.14. The number of fused-ring (bicyclic) bond motifs is 3. The Hall–Kier alpha value is -4.14. The van der Waals surface area contributed by atoms with E-state index in [0.29, 0.717) is 13.0 Å². The first kappa shape index (κ1) is 22.6. The second-order valence-electron chi connectivity index (χ2n) is 8.83. The summed E-state index contributed by atoms with van der Waals surface area (Å²) in [6.45, 7) is 0.475. The van der Waals surface area contributed by atoms with E-state index in [1.54, 1.807) is 7.05 Å². The standard InChI is InChI=1S/C26H26N4O5/c1-29-23(20(14-27-29)24(31)30-13-7-6-12-22(30)25(32)33)28-26(34)35-15-21-18-10-4-2-8-16(18)17-9-3-5-11-19(17)21/h2-5,8-11,14,21-22H,6-7,12-13,15H2,1H3,(H,28,34)(H,32,33)/t22-/m1/s1. The number of aryl methyl sites for hydroxylation is 1. The van der Waals surface area contributed by atoms with Crippen LogP contribution in [0.2, 0.25) is 0 Å². The lowest BCUT2D eigenvalue weighted by Crippen LogP contribution is -2.48. The van der Waals surface area contributed by atoms with Gasteiger partial charge in [0, 0.05) is 19.5 Å². The number of amides is 2. The van der Waals surface area contributed by atoms with Gasteiger partial charge < -0.3 is 14.7 Å². The van der Waals surface area contributed by atoms with E-state index in [4.69, 9.17) is 4.74 Å². The molecule has 1 fully saturated rings. The predicted octanol–water partition coefficient (Wildman–Crippen LogP) is 3.86. The summed E-state index contributed by atoms with van der Waals surface area (Å²) in [6, 6.07) is 15.2. The van der Waals surface area contributed by atoms with Gasteiger partial charge in [-0.3, -0.25) is 14.8 Å². The maximum atomic E-state index is 13.2. The zero-order valence-electron chi connectivity index (χ0n) is 19.3. The van der Waals surface area contributed by atoms with Gasteiger partial charge in [0.1, 0.15) is 24.0 Å². The molecule has 0 radical (unpaired) electrons. The Morgan fingerprint density at radius 3 is 2.37 bits per heavy atom. The van der Waals surface area contributed by atoms with Crippen LogP contribution in [0.15, 0.2) is 54.7 Å². The van der Waals surface area contributed by atoms with E-state index in [2.05, 4.69) is 22.5 Å². The van der Waals surface area contributed by atoms with Crippen LogP contribution >= 0.6 is 0 Å².